The van der Waals surface area contributed by atoms with Gasteiger partial charge >= 0.3 is 0 Å². The Morgan fingerprint density at radius 2 is 1.62 bits per heavy atom. The molecule has 0 aromatic rings. The highest BCUT2D eigenvalue weighted by Gasteiger charge is 2.45. The van der Waals surface area contributed by atoms with Crippen molar-refractivity contribution in [2.75, 3.05) is 19.7 Å². The molecule has 16 heavy (non-hydrogen) atoms. The van der Waals surface area contributed by atoms with Crippen molar-refractivity contribution in [2.45, 2.75) is 44.5 Å². The molecule has 0 aromatic heterocycles. The first-order chi connectivity index (χ1) is 7.56. The summed E-state index contributed by atoms with van der Waals surface area (Å²) in [5.41, 5.74) is 0. The largest absolute Gasteiger partial charge is 0.394 e. The second-order valence-electron chi connectivity index (χ2n) is 3.94. The number of hydrogen-bond acceptors (Lipinski definition) is 6. The van der Waals surface area contributed by atoms with Gasteiger partial charge in [-0.05, 0) is 13.1 Å². The van der Waals surface area contributed by atoms with E-state index < -0.39 is 37.3 Å². The lowest BCUT2D eigenvalue weighted by molar-refractivity contribution is -0.271. The summed E-state index contributed by atoms with van der Waals surface area (Å²) >= 11 is 0. The predicted molar refractivity (Wildman–Crippen MR) is 56.7 cm³/mol. The Morgan fingerprint density at radius 3 is 2.06 bits per heavy atom. The average molecular weight is 235 g/mol. The Hall–Kier alpha value is -0.240. The van der Waals surface area contributed by atoms with Gasteiger partial charge in [0.05, 0.1) is 12.6 Å². The van der Waals surface area contributed by atoms with Crippen molar-refractivity contribution >= 4 is 0 Å². The molecule has 6 nitrogen and oxygen atoms in total. The molecule has 6 heteroatoms. The minimum Gasteiger partial charge on any atom is -0.394 e. The van der Waals surface area contributed by atoms with Crippen LogP contribution in [0.25, 0.3) is 0 Å². The highest BCUT2D eigenvalue weighted by Crippen LogP contribution is 2.23. The first-order valence-corrected chi connectivity index (χ1v) is 5.61. The van der Waals surface area contributed by atoms with Crippen LogP contribution in [0.1, 0.15) is 13.8 Å². The number of aliphatic hydroxyl groups is 4. The van der Waals surface area contributed by atoms with Gasteiger partial charge in [0.25, 0.3) is 0 Å². The monoisotopic (exact) mass is 235 g/mol. The second kappa shape index (κ2) is 5.90. The molecule has 0 bridgehead atoms. The standard InChI is InChI=1S/C10H21NO5/c1-3-11(4-2)7-9(14)8(13)6(5-12)16-10(7)15/h6-10,12-15H,3-5H2,1-2H3/t6-,7-,8-,9-,10?/m1/s1. The summed E-state index contributed by atoms with van der Waals surface area (Å²) < 4.78 is 5.07. The number of likely N-dealkylation sites (N-methyl/N-ethyl adjacent to an activating group) is 1. The van der Waals surface area contributed by atoms with Gasteiger partial charge in [0.15, 0.2) is 6.29 Å². The number of ether oxygens (including phenoxy) is 1. The van der Waals surface area contributed by atoms with Crippen molar-refractivity contribution in [2.24, 2.45) is 0 Å². The van der Waals surface area contributed by atoms with Crippen molar-refractivity contribution in [3.63, 3.8) is 0 Å². The Bertz CT molecular complexity index is 211. The van der Waals surface area contributed by atoms with Crippen LogP contribution in [0.2, 0.25) is 0 Å². The summed E-state index contributed by atoms with van der Waals surface area (Å²) in [5.74, 6) is 0. The molecule has 0 aromatic carbocycles. The molecule has 0 aliphatic carbocycles. The highest BCUT2D eigenvalue weighted by atomic mass is 16.6. The van der Waals surface area contributed by atoms with Crippen molar-refractivity contribution in [3.05, 3.63) is 0 Å². The molecule has 4 N–H and O–H groups in total. The summed E-state index contributed by atoms with van der Waals surface area (Å²) in [5, 5.41) is 38.3. The lowest BCUT2D eigenvalue weighted by atomic mass is 9.96. The molecule has 1 aliphatic rings. The number of rotatable bonds is 4. The topological polar surface area (TPSA) is 93.4 Å². The van der Waals surface area contributed by atoms with Gasteiger partial charge in [-0.2, -0.15) is 0 Å². The maximum absolute atomic E-state index is 9.90. The molecule has 0 saturated carbocycles. The molecule has 0 amide bonds. The highest BCUT2D eigenvalue weighted by molar-refractivity contribution is 4.93. The third-order valence-corrected chi connectivity index (χ3v) is 3.10. The number of hydrogen-bond donors (Lipinski definition) is 4. The maximum atomic E-state index is 9.90. The van der Waals surface area contributed by atoms with Crippen LogP contribution in [0.4, 0.5) is 0 Å². The zero-order valence-corrected chi connectivity index (χ0v) is 9.65. The van der Waals surface area contributed by atoms with Gasteiger partial charge in [-0.1, -0.05) is 13.8 Å². The fourth-order valence-electron chi connectivity index (χ4n) is 2.12. The minimum atomic E-state index is -1.20. The summed E-state index contributed by atoms with van der Waals surface area (Å²) in [6.07, 6.45) is -4.44. The number of nitrogens with zero attached hydrogens (tertiary/aromatic N) is 1. The van der Waals surface area contributed by atoms with Gasteiger partial charge in [0.1, 0.15) is 18.3 Å². The molecule has 1 unspecified atom stereocenters. The first kappa shape index (κ1) is 13.8. The molecule has 1 aliphatic heterocycles. The zero-order chi connectivity index (χ0) is 12.3. The fourth-order valence-corrected chi connectivity index (χ4v) is 2.12. The van der Waals surface area contributed by atoms with Gasteiger partial charge in [-0.3, -0.25) is 4.90 Å². The van der Waals surface area contributed by atoms with Gasteiger partial charge in [0, 0.05) is 0 Å². The number of aliphatic hydroxyl groups excluding tert-OH is 4. The predicted octanol–water partition coefficient (Wildman–Crippen LogP) is -1.87. The molecule has 1 fully saturated rings. The van der Waals surface area contributed by atoms with E-state index in [0.717, 1.165) is 0 Å². The van der Waals surface area contributed by atoms with Crippen molar-refractivity contribution < 1.29 is 25.2 Å². The minimum absolute atomic E-state index is 0.430. The summed E-state index contributed by atoms with van der Waals surface area (Å²) in [6, 6.07) is -0.659. The first-order valence-electron chi connectivity index (χ1n) is 5.61. The van der Waals surface area contributed by atoms with Crippen LogP contribution < -0.4 is 0 Å². The van der Waals surface area contributed by atoms with Gasteiger partial charge in [0.2, 0.25) is 0 Å². The smallest absolute Gasteiger partial charge is 0.173 e. The molecule has 96 valence electrons. The van der Waals surface area contributed by atoms with Crippen LogP contribution in [0, 0.1) is 0 Å². The third-order valence-electron chi connectivity index (χ3n) is 3.10. The van der Waals surface area contributed by atoms with E-state index in [1.807, 2.05) is 18.7 Å². The zero-order valence-electron chi connectivity index (χ0n) is 9.65. The van der Waals surface area contributed by atoms with Gasteiger partial charge in [-0.25, -0.2) is 0 Å². The van der Waals surface area contributed by atoms with Crippen LogP contribution in [0.5, 0.6) is 0 Å². The molecule has 1 rings (SSSR count). The molecular weight excluding hydrogens is 214 g/mol. The van der Waals surface area contributed by atoms with Crippen molar-refractivity contribution in [3.8, 4) is 0 Å². The van der Waals surface area contributed by atoms with Crippen molar-refractivity contribution in [1.29, 1.82) is 0 Å². The average Bonchev–Trinajstić information content (AvgIpc) is 2.29. The van der Waals surface area contributed by atoms with Gasteiger partial charge < -0.3 is 25.2 Å². The normalized spacial score (nSPS) is 40.3. The van der Waals surface area contributed by atoms with Crippen LogP contribution in [-0.4, -0.2) is 75.7 Å². The SMILES string of the molecule is CCN(CC)[C@H]1C(O)O[C@H](CO)[C@@H](O)[C@@H]1O. The van der Waals surface area contributed by atoms with Crippen LogP contribution in [0.3, 0.4) is 0 Å². The molecule has 0 radical (unpaired) electrons. The maximum Gasteiger partial charge on any atom is 0.173 e. The van der Waals surface area contributed by atoms with E-state index in [1.165, 1.54) is 0 Å². The Balaban J connectivity index is 2.78. The van der Waals surface area contributed by atoms with E-state index >= 15 is 0 Å². The quantitative estimate of drug-likeness (QED) is 0.456. The Kier molecular flexibility index (Phi) is 5.10. The molecule has 1 heterocycles. The van der Waals surface area contributed by atoms with E-state index in [-0.39, 0.29) is 0 Å². The van der Waals surface area contributed by atoms with Crippen LogP contribution in [0.15, 0.2) is 0 Å². The molecule has 0 spiro atoms. The molecular formula is C10H21NO5. The van der Waals surface area contributed by atoms with Crippen molar-refractivity contribution in [1.82, 2.24) is 4.90 Å². The summed E-state index contributed by atoms with van der Waals surface area (Å²) in [6.45, 7) is 4.63. The van der Waals surface area contributed by atoms with E-state index in [0.29, 0.717) is 13.1 Å². The third kappa shape index (κ3) is 2.53. The van der Waals surface area contributed by atoms with Crippen LogP contribution in [-0.2, 0) is 4.74 Å². The summed E-state index contributed by atoms with van der Waals surface area (Å²) in [4.78, 5) is 1.81. The lowest BCUT2D eigenvalue weighted by Crippen LogP contribution is -2.64. The molecule has 5 atom stereocenters. The Labute approximate surface area is 95.1 Å². The fraction of sp³-hybridized carbons (Fsp3) is 1.00. The van der Waals surface area contributed by atoms with E-state index in [4.69, 9.17) is 9.84 Å². The lowest BCUT2D eigenvalue weighted by Gasteiger charge is -2.44. The van der Waals surface area contributed by atoms with E-state index in [9.17, 15) is 15.3 Å². The van der Waals surface area contributed by atoms with Crippen LogP contribution >= 0.6 is 0 Å². The second-order valence-corrected chi connectivity index (χ2v) is 3.94. The van der Waals surface area contributed by atoms with E-state index in [1.54, 1.807) is 0 Å². The summed E-state index contributed by atoms with van der Waals surface area (Å²) in [7, 11) is 0. The van der Waals surface area contributed by atoms with Gasteiger partial charge in [-0.15, -0.1) is 0 Å². The molecule has 1 saturated heterocycles. The van der Waals surface area contributed by atoms with E-state index in [2.05, 4.69) is 0 Å². The Morgan fingerprint density at radius 1 is 1.06 bits per heavy atom.